The Labute approximate surface area is 124 Å². The maximum Gasteiger partial charge on any atom is 0.299 e. The molecule has 0 aliphatic rings. The molecule has 108 valence electrons. The Morgan fingerprint density at radius 3 is 2.55 bits per heavy atom. The zero-order chi connectivity index (χ0) is 14.8. The van der Waals surface area contributed by atoms with Crippen LogP contribution in [0.2, 0.25) is 0 Å². The molecule has 1 heterocycles. The highest BCUT2D eigenvalue weighted by molar-refractivity contribution is 7.13. The van der Waals surface area contributed by atoms with Crippen molar-refractivity contribution in [2.45, 2.75) is 46.7 Å². The van der Waals surface area contributed by atoms with Crippen LogP contribution in [0.25, 0.3) is 0 Å². The average molecular weight is 291 g/mol. The van der Waals surface area contributed by atoms with Crippen molar-refractivity contribution >= 4 is 11.3 Å². The Balaban J connectivity index is 2.00. The smallest absolute Gasteiger partial charge is 0.299 e. The van der Waals surface area contributed by atoms with Crippen molar-refractivity contribution in [1.29, 1.82) is 0 Å². The number of aromatic nitrogens is 2. The molecule has 0 atom stereocenters. The Bertz CT molecular complexity index is 587. The Morgan fingerprint density at radius 1 is 1.15 bits per heavy atom. The molecular weight excluding hydrogens is 270 g/mol. The minimum absolute atomic E-state index is 0.0702. The lowest BCUT2D eigenvalue weighted by atomic mass is 10.1. The zero-order valence-corrected chi connectivity index (χ0v) is 13.5. The highest BCUT2D eigenvalue weighted by Gasteiger charge is 2.12. The molecule has 0 fully saturated rings. The molecular formula is C15H21N3OS. The van der Waals surface area contributed by atoms with E-state index in [1.54, 1.807) is 0 Å². The summed E-state index contributed by atoms with van der Waals surface area (Å²) in [5.41, 5.74) is 2.53. The van der Waals surface area contributed by atoms with E-state index in [4.69, 9.17) is 4.74 Å². The van der Waals surface area contributed by atoms with Crippen molar-refractivity contribution in [2.75, 3.05) is 0 Å². The first-order valence-corrected chi connectivity index (χ1v) is 7.48. The number of nitrogens with one attached hydrogen (secondary N) is 1. The number of hydrogen-bond donors (Lipinski definition) is 1. The summed E-state index contributed by atoms with van der Waals surface area (Å²) in [7, 11) is 0. The summed E-state index contributed by atoms with van der Waals surface area (Å²) < 4.78 is 5.74. The van der Waals surface area contributed by atoms with Gasteiger partial charge >= 0.3 is 0 Å². The number of rotatable bonds is 4. The highest BCUT2D eigenvalue weighted by Crippen LogP contribution is 2.26. The Hall–Kier alpha value is -1.46. The molecule has 20 heavy (non-hydrogen) atoms. The predicted molar refractivity (Wildman–Crippen MR) is 82.5 cm³/mol. The van der Waals surface area contributed by atoms with E-state index >= 15 is 0 Å². The lowest BCUT2D eigenvalue weighted by molar-refractivity contribution is 0.423. The molecule has 4 nitrogen and oxygen atoms in total. The number of benzene rings is 1. The summed E-state index contributed by atoms with van der Waals surface area (Å²) in [4.78, 5) is 0. The van der Waals surface area contributed by atoms with Gasteiger partial charge in [-0.2, -0.15) is 0 Å². The van der Waals surface area contributed by atoms with Crippen molar-refractivity contribution in [2.24, 2.45) is 0 Å². The first-order valence-electron chi connectivity index (χ1n) is 6.66. The van der Waals surface area contributed by atoms with E-state index in [9.17, 15) is 0 Å². The molecule has 0 aliphatic carbocycles. The molecule has 1 aromatic carbocycles. The van der Waals surface area contributed by atoms with Crippen LogP contribution in [-0.4, -0.2) is 15.7 Å². The third-order valence-electron chi connectivity index (χ3n) is 2.90. The van der Waals surface area contributed by atoms with Crippen LogP contribution >= 0.6 is 11.3 Å². The molecule has 5 heteroatoms. The van der Waals surface area contributed by atoms with E-state index in [-0.39, 0.29) is 5.54 Å². The molecule has 2 rings (SSSR count). The lowest BCUT2D eigenvalue weighted by Gasteiger charge is -2.19. The Kier molecular flexibility index (Phi) is 4.40. The van der Waals surface area contributed by atoms with Crippen molar-refractivity contribution in [3.63, 3.8) is 0 Å². The van der Waals surface area contributed by atoms with Gasteiger partial charge in [-0.05, 0) is 57.9 Å². The van der Waals surface area contributed by atoms with Gasteiger partial charge in [0.25, 0.3) is 5.19 Å². The molecule has 0 aliphatic heterocycles. The molecule has 0 radical (unpaired) electrons. The molecule has 0 unspecified atom stereocenters. The SMILES string of the molecule is Cc1ccc(Oc2nnc(CNC(C)(C)C)s2)cc1C. The summed E-state index contributed by atoms with van der Waals surface area (Å²) in [6.07, 6.45) is 0. The minimum atomic E-state index is 0.0702. The van der Waals surface area contributed by atoms with Gasteiger partial charge in [-0.15, -0.1) is 5.10 Å². The summed E-state index contributed by atoms with van der Waals surface area (Å²) in [5, 5.41) is 13.1. The number of aryl methyl sites for hydroxylation is 2. The molecule has 0 saturated carbocycles. The van der Waals surface area contributed by atoms with Crippen LogP contribution in [0, 0.1) is 13.8 Å². The van der Waals surface area contributed by atoms with Gasteiger partial charge in [0.05, 0.1) is 6.54 Å². The van der Waals surface area contributed by atoms with E-state index in [1.165, 1.54) is 22.5 Å². The van der Waals surface area contributed by atoms with Gasteiger partial charge < -0.3 is 10.1 Å². The monoisotopic (exact) mass is 291 g/mol. The average Bonchev–Trinajstić information content (AvgIpc) is 2.78. The van der Waals surface area contributed by atoms with Gasteiger partial charge in [0.2, 0.25) is 0 Å². The number of nitrogens with zero attached hydrogens (tertiary/aromatic N) is 2. The van der Waals surface area contributed by atoms with Crippen molar-refractivity contribution in [3.05, 3.63) is 34.3 Å². The van der Waals surface area contributed by atoms with Crippen LogP contribution in [0.5, 0.6) is 10.9 Å². The second-order valence-corrected chi connectivity index (χ2v) is 6.94. The van der Waals surface area contributed by atoms with Crippen LogP contribution in [-0.2, 0) is 6.54 Å². The summed E-state index contributed by atoms with van der Waals surface area (Å²) in [6, 6.07) is 6.02. The fraction of sp³-hybridized carbons (Fsp3) is 0.467. The molecule has 1 aromatic heterocycles. The zero-order valence-electron chi connectivity index (χ0n) is 12.7. The van der Waals surface area contributed by atoms with Gasteiger partial charge in [0.15, 0.2) is 0 Å². The van der Waals surface area contributed by atoms with E-state index in [1.807, 2.05) is 18.2 Å². The third kappa shape index (κ3) is 4.28. The number of hydrogen-bond acceptors (Lipinski definition) is 5. The minimum Gasteiger partial charge on any atom is -0.430 e. The summed E-state index contributed by atoms with van der Waals surface area (Å²) in [6.45, 7) is 11.2. The van der Waals surface area contributed by atoms with Crippen LogP contribution in [0.1, 0.15) is 36.9 Å². The second kappa shape index (κ2) is 5.89. The molecule has 0 amide bonds. The van der Waals surface area contributed by atoms with E-state index in [0.717, 1.165) is 10.8 Å². The first-order chi connectivity index (χ1) is 9.33. The standard InChI is InChI=1S/C15H21N3OS/c1-10-6-7-12(8-11(10)2)19-14-18-17-13(20-14)9-16-15(3,4)5/h6-8,16H,9H2,1-5H3. The maximum absolute atomic E-state index is 5.74. The fourth-order valence-electron chi connectivity index (χ4n) is 1.57. The Morgan fingerprint density at radius 2 is 1.90 bits per heavy atom. The normalized spacial score (nSPS) is 11.7. The van der Waals surface area contributed by atoms with E-state index < -0.39 is 0 Å². The van der Waals surface area contributed by atoms with Gasteiger partial charge in [-0.1, -0.05) is 22.5 Å². The van der Waals surface area contributed by atoms with Crippen molar-refractivity contribution in [3.8, 4) is 10.9 Å². The molecule has 2 aromatic rings. The number of ether oxygens (including phenoxy) is 1. The largest absolute Gasteiger partial charge is 0.430 e. The summed E-state index contributed by atoms with van der Waals surface area (Å²) >= 11 is 1.47. The predicted octanol–water partition coefficient (Wildman–Crippen LogP) is 3.84. The molecule has 0 spiro atoms. The van der Waals surface area contributed by atoms with E-state index in [0.29, 0.717) is 11.7 Å². The van der Waals surface area contributed by atoms with E-state index in [2.05, 4.69) is 50.1 Å². The quantitative estimate of drug-likeness (QED) is 0.930. The van der Waals surface area contributed by atoms with Crippen LogP contribution in [0.15, 0.2) is 18.2 Å². The van der Waals surface area contributed by atoms with Crippen LogP contribution < -0.4 is 10.1 Å². The van der Waals surface area contributed by atoms with Crippen molar-refractivity contribution < 1.29 is 4.74 Å². The van der Waals surface area contributed by atoms with Crippen LogP contribution in [0.4, 0.5) is 0 Å². The molecule has 0 bridgehead atoms. The van der Waals surface area contributed by atoms with Gasteiger partial charge in [-0.3, -0.25) is 0 Å². The third-order valence-corrected chi connectivity index (χ3v) is 3.70. The molecule has 1 N–H and O–H groups in total. The summed E-state index contributed by atoms with van der Waals surface area (Å²) in [5.74, 6) is 0.805. The topological polar surface area (TPSA) is 47.0 Å². The van der Waals surface area contributed by atoms with Gasteiger partial charge in [0, 0.05) is 5.54 Å². The molecule has 0 saturated heterocycles. The highest BCUT2D eigenvalue weighted by atomic mass is 32.1. The van der Waals surface area contributed by atoms with Gasteiger partial charge in [0.1, 0.15) is 10.8 Å². The maximum atomic E-state index is 5.74. The second-order valence-electron chi connectivity index (χ2n) is 5.91. The van der Waals surface area contributed by atoms with Crippen LogP contribution in [0.3, 0.4) is 0 Å². The van der Waals surface area contributed by atoms with Gasteiger partial charge in [-0.25, -0.2) is 0 Å². The fourth-order valence-corrected chi connectivity index (χ4v) is 2.22. The van der Waals surface area contributed by atoms with Crippen molar-refractivity contribution in [1.82, 2.24) is 15.5 Å². The lowest BCUT2D eigenvalue weighted by Crippen LogP contribution is -2.35. The first kappa shape index (κ1) is 14.9.